The van der Waals surface area contributed by atoms with E-state index in [1.54, 1.807) is 6.07 Å². The first-order valence-electron chi connectivity index (χ1n) is 8.24. The van der Waals surface area contributed by atoms with Gasteiger partial charge in [-0.3, -0.25) is 19.8 Å². The molecule has 0 unspecified atom stereocenters. The summed E-state index contributed by atoms with van der Waals surface area (Å²) in [6.07, 6.45) is 1.49. The van der Waals surface area contributed by atoms with E-state index in [0.29, 0.717) is 12.1 Å². The van der Waals surface area contributed by atoms with Crippen molar-refractivity contribution in [2.45, 2.75) is 31.8 Å². The van der Waals surface area contributed by atoms with Crippen LogP contribution in [0.25, 0.3) is 10.9 Å². The van der Waals surface area contributed by atoms with Crippen molar-refractivity contribution < 1.29 is 14.8 Å². The highest BCUT2D eigenvalue weighted by atomic mass is 16.6. The Hall–Kier alpha value is -2.74. The highest BCUT2D eigenvalue weighted by Gasteiger charge is 2.35. The molecule has 0 bridgehead atoms. The summed E-state index contributed by atoms with van der Waals surface area (Å²) in [7, 11) is 0. The molecule has 0 saturated heterocycles. The molecule has 1 heterocycles. The van der Waals surface area contributed by atoms with Crippen molar-refractivity contribution in [2.75, 3.05) is 18.4 Å². The van der Waals surface area contributed by atoms with E-state index in [1.165, 1.54) is 6.07 Å². The van der Waals surface area contributed by atoms with Crippen LogP contribution in [0.3, 0.4) is 0 Å². The molecule has 1 saturated carbocycles. The van der Waals surface area contributed by atoms with Crippen molar-refractivity contribution in [3.05, 3.63) is 40.4 Å². The molecule has 1 fully saturated rings. The smallest absolute Gasteiger partial charge is 0.317 e. The average molecular weight is 344 g/mol. The maximum absolute atomic E-state index is 11.3. The van der Waals surface area contributed by atoms with E-state index in [4.69, 9.17) is 5.11 Å². The van der Waals surface area contributed by atoms with Gasteiger partial charge in [0.1, 0.15) is 0 Å². The molecule has 0 aliphatic heterocycles. The normalized spacial score (nSPS) is 19.6. The molecular weight excluding hydrogens is 324 g/mol. The minimum atomic E-state index is -0.843. The predicted octanol–water partition coefficient (Wildman–Crippen LogP) is 2.49. The summed E-state index contributed by atoms with van der Waals surface area (Å²) in [5, 5.41) is 24.2. The fourth-order valence-electron chi connectivity index (χ4n) is 3.22. The molecule has 8 nitrogen and oxygen atoms in total. The number of benzene rings is 1. The number of aromatic nitrogens is 1. The molecule has 1 aliphatic carbocycles. The number of rotatable bonds is 7. The molecule has 132 valence electrons. The first-order valence-corrected chi connectivity index (χ1v) is 8.24. The lowest BCUT2D eigenvalue weighted by molar-refractivity contribution is -0.384. The standard InChI is InChI=1S/C17H20N4O4/c1-2-20(10-16(22)23)13-8-12(9-13)18-17-15(21(24)25)7-11-5-3-4-6-14(11)19-17/h3-7,12-13H,2,8-10H2,1H3,(H,18,19)(H,22,23). The minimum absolute atomic E-state index is 0.0161. The van der Waals surface area contributed by atoms with E-state index >= 15 is 0 Å². The van der Waals surface area contributed by atoms with Crippen LogP contribution < -0.4 is 5.32 Å². The third kappa shape index (κ3) is 3.69. The van der Waals surface area contributed by atoms with Crippen molar-refractivity contribution in [2.24, 2.45) is 0 Å². The van der Waals surface area contributed by atoms with Gasteiger partial charge in [0, 0.05) is 23.5 Å². The predicted molar refractivity (Wildman–Crippen MR) is 93.7 cm³/mol. The first kappa shape index (κ1) is 17.1. The summed E-state index contributed by atoms with van der Waals surface area (Å²) < 4.78 is 0. The molecule has 3 rings (SSSR count). The second-order valence-electron chi connectivity index (χ2n) is 6.23. The number of pyridine rings is 1. The summed E-state index contributed by atoms with van der Waals surface area (Å²) in [4.78, 5) is 28.1. The van der Waals surface area contributed by atoms with Gasteiger partial charge in [-0.2, -0.15) is 0 Å². The van der Waals surface area contributed by atoms with E-state index in [-0.39, 0.29) is 30.1 Å². The number of nitrogens with one attached hydrogen (secondary N) is 1. The molecule has 25 heavy (non-hydrogen) atoms. The van der Waals surface area contributed by atoms with E-state index in [2.05, 4.69) is 10.3 Å². The number of para-hydroxylation sites is 1. The number of carboxylic acid groups (broad SMARTS) is 1. The lowest BCUT2D eigenvalue weighted by Crippen LogP contribution is -2.51. The van der Waals surface area contributed by atoms with Gasteiger partial charge in [0.05, 0.1) is 17.0 Å². The molecule has 0 spiro atoms. The number of hydrogen-bond acceptors (Lipinski definition) is 6. The lowest BCUT2D eigenvalue weighted by Gasteiger charge is -2.42. The molecule has 0 radical (unpaired) electrons. The molecule has 0 atom stereocenters. The van der Waals surface area contributed by atoms with Gasteiger partial charge in [0.15, 0.2) is 0 Å². The zero-order valence-corrected chi connectivity index (χ0v) is 13.9. The topological polar surface area (TPSA) is 109 Å². The Bertz CT molecular complexity index is 804. The van der Waals surface area contributed by atoms with Crippen molar-refractivity contribution >= 4 is 28.4 Å². The average Bonchev–Trinajstić information content (AvgIpc) is 2.54. The molecule has 1 aromatic carbocycles. The van der Waals surface area contributed by atoms with Gasteiger partial charge in [0.2, 0.25) is 5.82 Å². The highest BCUT2D eigenvalue weighted by Crippen LogP contribution is 2.32. The number of fused-ring (bicyclic) bond motifs is 1. The number of nitro groups is 1. The van der Waals surface area contributed by atoms with Crippen LogP contribution in [0.4, 0.5) is 11.5 Å². The molecule has 0 amide bonds. The highest BCUT2D eigenvalue weighted by molar-refractivity contribution is 5.84. The van der Waals surface area contributed by atoms with Gasteiger partial charge in [-0.05, 0) is 25.5 Å². The van der Waals surface area contributed by atoms with Crippen molar-refractivity contribution in [3.63, 3.8) is 0 Å². The van der Waals surface area contributed by atoms with Crippen molar-refractivity contribution in [1.29, 1.82) is 0 Å². The first-order chi connectivity index (χ1) is 12.0. The lowest BCUT2D eigenvalue weighted by atomic mass is 9.85. The summed E-state index contributed by atoms with van der Waals surface area (Å²) in [5.41, 5.74) is 0.660. The quantitative estimate of drug-likeness (QED) is 0.586. The molecule has 2 N–H and O–H groups in total. The van der Waals surface area contributed by atoms with E-state index in [9.17, 15) is 14.9 Å². The fourth-order valence-corrected chi connectivity index (χ4v) is 3.22. The van der Waals surface area contributed by atoms with Crippen LogP contribution in [0.5, 0.6) is 0 Å². The third-order valence-corrected chi connectivity index (χ3v) is 4.62. The van der Waals surface area contributed by atoms with Gasteiger partial charge in [0.25, 0.3) is 0 Å². The second-order valence-corrected chi connectivity index (χ2v) is 6.23. The summed E-state index contributed by atoms with van der Waals surface area (Å²) in [6, 6.07) is 9.04. The van der Waals surface area contributed by atoms with Gasteiger partial charge < -0.3 is 10.4 Å². The largest absolute Gasteiger partial charge is 0.480 e. The monoisotopic (exact) mass is 344 g/mol. The summed E-state index contributed by atoms with van der Waals surface area (Å²) in [6.45, 7) is 2.61. The van der Waals surface area contributed by atoms with Crippen LogP contribution in [0.1, 0.15) is 19.8 Å². The number of nitrogens with zero attached hydrogens (tertiary/aromatic N) is 3. The minimum Gasteiger partial charge on any atom is -0.480 e. The SMILES string of the molecule is CCN(CC(=O)O)C1CC(Nc2nc3ccccc3cc2[N+](=O)[O-])C1. The molecule has 8 heteroatoms. The van der Waals surface area contributed by atoms with E-state index < -0.39 is 10.9 Å². The molecule has 2 aromatic rings. The second kappa shape index (κ2) is 7.02. The molecule has 1 aliphatic rings. The van der Waals surface area contributed by atoms with E-state index in [1.807, 2.05) is 30.0 Å². The van der Waals surface area contributed by atoms with Gasteiger partial charge in [-0.15, -0.1) is 0 Å². The van der Waals surface area contributed by atoms with E-state index in [0.717, 1.165) is 18.2 Å². The van der Waals surface area contributed by atoms with Crippen molar-refractivity contribution in [1.82, 2.24) is 9.88 Å². The van der Waals surface area contributed by atoms with Crippen LogP contribution in [0, 0.1) is 10.1 Å². The Labute approximate surface area is 144 Å². The Kier molecular flexibility index (Phi) is 4.80. The number of anilines is 1. The molecular formula is C17H20N4O4. The number of hydrogen-bond donors (Lipinski definition) is 2. The maximum Gasteiger partial charge on any atom is 0.317 e. The number of carbonyl (C=O) groups is 1. The summed E-state index contributed by atoms with van der Waals surface area (Å²) in [5.74, 6) is -0.571. The Balaban J connectivity index is 1.72. The summed E-state index contributed by atoms with van der Waals surface area (Å²) >= 11 is 0. The van der Waals surface area contributed by atoms with Crippen LogP contribution in [0.15, 0.2) is 30.3 Å². The number of carboxylic acids is 1. The number of likely N-dealkylation sites (N-methyl/N-ethyl adjacent to an activating group) is 1. The Morgan fingerprint density at radius 3 is 2.80 bits per heavy atom. The zero-order chi connectivity index (χ0) is 18.0. The number of aliphatic carboxylic acids is 1. The van der Waals surface area contributed by atoms with Crippen LogP contribution in [-0.4, -0.2) is 51.1 Å². The van der Waals surface area contributed by atoms with Crippen LogP contribution >= 0.6 is 0 Å². The maximum atomic E-state index is 11.3. The van der Waals surface area contributed by atoms with Crippen molar-refractivity contribution in [3.8, 4) is 0 Å². The third-order valence-electron chi connectivity index (χ3n) is 4.62. The molecule has 1 aromatic heterocycles. The van der Waals surface area contributed by atoms with Gasteiger partial charge in [-0.25, -0.2) is 4.98 Å². The van der Waals surface area contributed by atoms with Crippen LogP contribution in [0.2, 0.25) is 0 Å². The zero-order valence-electron chi connectivity index (χ0n) is 13.9. The van der Waals surface area contributed by atoms with Crippen LogP contribution in [-0.2, 0) is 4.79 Å². The fraction of sp³-hybridized carbons (Fsp3) is 0.412. The van der Waals surface area contributed by atoms with Gasteiger partial charge >= 0.3 is 11.7 Å². The van der Waals surface area contributed by atoms with Gasteiger partial charge in [-0.1, -0.05) is 25.1 Å². The Morgan fingerprint density at radius 2 is 2.16 bits per heavy atom. The Morgan fingerprint density at radius 1 is 1.44 bits per heavy atom.